The van der Waals surface area contributed by atoms with E-state index in [1.807, 2.05) is 0 Å². The summed E-state index contributed by atoms with van der Waals surface area (Å²) in [5.41, 5.74) is 0. The molecule has 0 saturated carbocycles. The van der Waals surface area contributed by atoms with Gasteiger partial charge in [-0.05, 0) is 32.1 Å². The fourth-order valence-electron chi connectivity index (χ4n) is 3.93. The molecule has 3 heteroatoms. The third-order valence-electron chi connectivity index (χ3n) is 5.99. The molecule has 0 aromatic carbocycles. The minimum absolute atomic E-state index is 0.238. The minimum atomic E-state index is 0.238. The number of hydrogen-bond acceptors (Lipinski definition) is 1. The molecule has 184 valence electrons. The number of nitrogens with zero attached hydrogens (tertiary/aromatic N) is 1. The van der Waals surface area contributed by atoms with Crippen LogP contribution in [0.3, 0.4) is 0 Å². The van der Waals surface area contributed by atoms with Gasteiger partial charge in [-0.1, -0.05) is 96.1 Å². The third-order valence-corrected chi connectivity index (χ3v) is 5.99. The molecule has 0 aliphatic carbocycles. The molecule has 0 spiro atoms. The first-order valence-electron chi connectivity index (χ1n) is 13.7. The SMILES string of the molecule is CCCCCCCC/C=C/CCCCCCCCCCCC(=O)NCCC[N+](C)(C)C. The lowest BCUT2D eigenvalue weighted by atomic mass is 10.1. The van der Waals surface area contributed by atoms with Gasteiger partial charge < -0.3 is 9.80 Å². The van der Waals surface area contributed by atoms with Crippen molar-refractivity contribution in [3.63, 3.8) is 0 Å². The van der Waals surface area contributed by atoms with Crippen LogP contribution < -0.4 is 5.32 Å². The maximum absolute atomic E-state index is 11.8. The number of quaternary nitrogens is 1. The highest BCUT2D eigenvalue weighted by Crippen LogP contribution is 2.12. The van der Waals surface area contributed by atoms with E-state index in [4.69, 9.17) is 0 Å². The van der Waals surface area contributed by atoms with E-state index in [2.05, 4.69) is 45.5 Å². The summed E-state index contributed by atoms with van der Waals surface area (Å²) in [6, 6.07) is 0. The molecule has 1 N–H and O–H groups in total. The Labute approximate surface area is 196 Å². The van der Waals surface area contributed by atoms with E-state index >= 15 is 0 Å². The van der Waals surface area contributed by atoms with Crippen LogP contribution in [-0.2, 0) is 4.79 Å². The van der Waals surface area contributed by atoms with Gasteiger partial charge in [-0.3, -0.25) is 4.79 Å². The predicted molar refractivity (Wildman–Crippen MR) is 138 cm³/mol. The second-order valence-electron chi connectivity index (χ2n) is 10.5. The van der Waals surface area contributed by atoms with Crippen molar-refractivity contribution >= 4 is 5.91 Å². The zero-order chi connectivity index (χ0) is 23.0. The van der Waals surface area contributed by atoms with Gasteiger partial charge in [-0.15, -0.1) is 0 Å². The highest BCUT2D eigenvalue weighted by atomic mass is 16.1. The van der Waals surface area contributed by atoms with Crippen molar-refractivity contribution in [3.8, 4) is 0 Å². The normalized spacial score (nSPS) is 12.0. The summed E-state index contributed by atoms with van der Waals surface area (Å²) < 4.78 is 0.965. The summed E-state index contributed by atoms with van der Waals surface area (Å²) >= 11 is 0. The first-order valence-corrected chi connectivity index (χ1v) is 13.7. The molecule has 0 aromatic heterocycles. The Hall–Kier alpha value is -0.830. The second kappa shape index (κ2) is 22.4. The fourth-order valence-corrected chi connectivity index (χ4v) is 3.93. The van der Waals surface area contributed by atoms with Gasteiger partial charge >= 0.3 is 0 Å². The lowest BCUT2D eigenvalue weighted by Crippen LogP contribution is -2.37. The van der Waals surface area contributed by atoms with E-state index in [1.54, 1.807) is 0 Å². The van der Waals surface area contributed by atoms with Crippen molar-refractivity contribution in [1.82, 2.24) is 5.32 Å². The summed E-state index contributed by atoms with van der Waals surface area (Å²) in [5.74, 6) is 0.238. The highest BCUT2D eigenvalue weighted by molar-refractivity contribution is 5.75. The first-order chi connectivity index (χ1) is 15.0. The Morgan fingerprint density at radius 3 is 1.58 bits per heavy atom. The van der Waals surface area contributed by atoms with Crippen LogP contribution in [0.4, 0.5) is 0 Å². The fraction of sp³-hybridized carbons (Fsp3) is 0.893. The van der Waals surface area contributed by atoms with Gasteiger partial charge in [0.05, 0.1) is 27.7 Å². The van der Waals surface area contributed by atoms with Crippen LogP contribution in [0.15, 0.2) is 12.2 Å². The standard InChI is InChI=1S/C28H56N2O/c1-5-6-7-8-9-10-11-12-13-14-15-16-17-18-19-20-21-22-23-25-28(31)29-26-24-27-30(2,3)4/h12-13H,5-11,14-27H2,1-4H3/p+1/b13-12+. The first kappa shape index (κ1) is 30.2. The summed E-state index contributed by atoms with van der Waals surface area (Å²) in [6.45, 7) is 4.21. The molecule has 0 unspecified atom stereocenters. The lowest BCUT2D eigenvalue weighted by molar-refractivity contribution is -0.870. The molecule has 0 aliphatic rings. The molecule has 0 rings (SSSR count). The highest BCUT2D eigenvalue weighted by Gasteiger charge is 2.06. The summed E-state index contributed by atoms with van der Waals surface area (Å²) in [4.78, 5) is 11.8. The number of carbonyl (C=O) groups is 1. The zero-order valence-electron chi connectivity index (χ0n) is 21.9. The number of carbonyl (C=O) groups excluding carboxylic acids is 1. The van der Waals surface area contributed by atoms with Gasteiger partial charge in [0.15, 0.2) is 0 Å². The Morgan fingerprint density at radius 2 is 1.10 bits per heavy atom. The van der Waals surface area contributed by atoms with Crippen LogP contribution in [0.1, 0.15) is 129 Å². The Balaban J connectivity index is 3.21. The van der Waals surface area contributed by atoms with Crippen LogP contribution in [0, 0.1) is 0 Å². The van der Waals surface area contributed by atoms with Gasteiger partial charge in [0.1, 0.15) is 0 Å². The van der Waals surface area contributed by atoms with E-state index < -0.39 is 0 Å². The molecule has 1 amide bonds. The molecule has 0 aliphatic heterocycles. The summed E-state index contributed by atoms with van der Waals surface area (Å²) in [5, 5.41) is 3.06. The smallest absolute Gasteiger partial charge is 0.219 e. The predicted octanol–water partition coefficient (Wildman–Crippen LogP) is 7.80. The molecule has 0 bridgehead atoms. The van der Waals surface area contributed by atoms with Crippen molar-refractivity contribution in [3.05, 3.63) is 12.2 Å². The van der Waals surface area contributed by atoms with E-state index in [1.165, 1.54) is 103 Å². The van der Waals surface area contributed by atoms with Crippen molar-refractivity contribution in [2.75, 3.05) is 34.2 Å². The molecule has 31 heavy (non-hydrogen) atoms. The Bertz CT molecular complexity index is 412. The Kier molecular flexibility index (Phi) is 21.8. The number of hydrogen-bond donors (Lipinski definition) is 1. The molecule has 0 atom stereocenters. The molecule has 0 heterocycles. The van der Waals surface area contributed by atoms with E-state index in [0.29, 0.717) is 6.42 Å². The number of rotatable bonds is 23. The topological polar surface area (TPSA) is 29.1 Å². The van der Waals surface area contributed by atoms with Crippen molar-refractivity contribution in [2.45, 2.75) is 129 Å². The Morgan fingerprint density at radius 1 is 0.645 bits per heavy atom. The van der Waals surface area contributed by atoms with Gasteiger partial charge in [-0.25, -0.2) is 0 Å². The largest absolute Gasteiger partial charge is 0.356 e. The van der Waals surface area contributed by atoms with Crippen LogP contribution in [0.2, 0.25) is 0 Å². The lowest BCUT2D eigenvalue weighted by Gasteiger charge is -2.23. The van der Waals surface area contributed by atoms with Crippen LogP contribution in [0.5, 0.6) is 0 Å². The van der Waals surface area contributed by atoms with E-state index in [-0.39, 0.29) is 5.91 Å². The van der Waals surface area contributed by atoms with Crippen LogP contribution in [0.25, 0.3) is 0 Å². The zero-order valence-corrected chi connectivity index (χ0v) is 21.9. The molecule has 0 saturated heterocycles. The maximum atomic E-state index is 11.8. The van der Waals surface area contributed by atoms with Gasteiger partial charge in [0.2, 0.25) is 5.91 Å². The van der Waals surface area contributed by atoms with Crippen molar-refractivity contribution in [1.29, 1.82) is 0 Å². The number of amides is 1. The van der Waals surface area contributed by atoms with Crippen LogP contribution in [-0.4, -0.2) is 44.6 Å². The molecule has 0 fully saturated rings. The molecule has 3 nitrogen and oxygen atoms in total. The van der Waals surface area contributed by atoms with Crippen molar-refractivity contribution < 1.29 is 9.28 Å². The second-order valence-corrected chi connectivity index (χ2v) is 10.5. The monoisotopic (exact) mass is 437 g/mol. The molecule has 0 aromatic rings. The number of unbranched alkanes of at least 4 members (excludes halogenated alkanes) is 15. The average Bonchev–Trinajstić information content (AvgIpc) is 2.72. The van der Waals surface area contributed by atoms with Crippen molar-refractivity contribution in [2.24, 2.45) is 0 Å². The average molecular weight is 438 g/mol. The minimum Gasteiger partial charge on any atom is -0.356 e. The van der Waals surface area contributed by atoms with E-state index in [0.717, 1.165) is 30.4 Å². The quantitative estimate of drug-likeness (QED) is 0.0986. The summed E-state index contributed by atoms with van der Waals surface area (Å²) in [6.07, 6.45) is 29.3. The third kappa shape index (κ3) is 27.1. The van der Waals surface area contributed by atoms with Gasteiger partial charge in [0, 0.05) is 19.4 Å². The van der Waals surface area contributed by atoms with Gasteiger partial charge in [0.25, 0.3) is 0 Å². The number of nitrogens with one attached hydrogen (secondary N) is 1. The molecule has 0 radical (unpaired) electrons. The van der Waals surface area contributed by atoms with Gasteiger partial charge in [-0.2, -0.15) is 0 Å². The van der Waals surface area contributed by atoms with Crippen LogP contribution >= 0.6 is 0 Å². The maximum Gasteiger partial charge on any atom is 0.219 e. The summed E-state index contributed by atoms with van der Waals surface area (Å²) in [7, 11) is 6.58. The van der Waals surface area contributed by atoms with E-state index in [9.17, 15) is 4.79 Å². The molecular weight excluding hydrogens is 380 g/mol. The number of allylic oxidation sites excluding steroid dienone is 2. The molecular formula is C28H57N2O+.